The topological polar surface area (TPSA) is 56.2 Å². The van der Waals surface area contributed by atoms with E-state index in [1.165, 1.54) is 23.9 Å². The molecule has 0 bridgehead atoms. The number of nitrogens with one attached hydrogen (secondary N) is 1. The summed E-state index contributed by atoms with van der Waals surface area (Å²) in [7, 11) is 1.81. The van der Waals surface area contributed by atoms with Gasteiger partial charge in [-0.15, -0.1) is 24.9 Å². The van der Waals surface area contributed by atoms with E-state index in [-0.39, 0.29) is 22.7 Å². The number of amides is 1. The van der Waals surface area contributed by atoms with Crippen LogP contribution >= 0.6 is 11.8 Å². The highest BCUT2D eigenvalue weighted by Gasteiger charge is 2.31. The zero-order valence-corrected chi connectivity index (χ0v) is 15.7. The number of halogens is 3. The van der Waals surface area contributed by atoms with Crippen LogP contribution in [0.5, 0.6) is 5.75 Å². The quantitative estimate of drug-likeness (QED) is 0.800. The van der Waals surface area contributed by atoms with Crippen LogP contribution in [0.25, 0.3) is 0 Å². The van der Waals surface area contributed by atoms with Crippen LogP contribution in [0.15, 0.2) is 24.3 Å². The molecule has 0 aliphatic heterocycles. The first-order valence-electron chi connectivity index (χ1n) is 7.84. The van der Waals surface area contributed by atoms with Gasteiger partial charge >= 0.3 is 6.36 Å². The lowest BCUT2D eigenvalue weighted by Crippen LogP contribution is -2.17. The fraction of sp³-hybridized carbons (Fsp3) is 0.412. The smallest absolute Gasteiger partial charge is 0.406 e. The van der Waals surface area contributed by atoms with Gasteiger partial charge in [0.15, 0.2) is 0 Å². The third-order valence-electron chi connectivity index (χ3n) is 3.82. The summed E-state index contributed by atoms with van der Waals surface area (Å²) in [4.78, 5) is 12.2. The number of thioether (sulfide) groups is 1. The van der Waals surface area contributed by atoms with Gasteiger partial charge in [-0.25, -0.2) is 0 Å². The highest BCUT2D eigenvalue weighted by Crippen LogP contribution is 2.31. The third kappa shape index (κ3) is 5.42. The molecule has 1 atom stereocenters. The summed E-state index contributed by atoms with van der Waals surface area (Å²) < 4.78 is 42.1. The van der Waals surface area contributed by atoms with Crippen molar-refractivity contribution in [2.45, 2.75) is 32.4 Å². The van der Waals surface area contributed by atoms with Crippen molar-refractivity contribution < 1.29 is 22.7 Å². The number of aryl methyl sites for hydroxylation is 2. The molecule has 2 aromatic rings. The number of benzene rings is 1. The van der Waals surface area contributed by atoms with Gasteiger partial charge in [-0.2, -0.15) is 5.10 Å². The Balaban J connectivity index is 1.89. The van der Waals surface area contributed by atoms with Crippen molar-refractivity contribution in [1.29, 1.82) is 0 Å². The summed E-state index contributed by atoms with van der Waals surface area (Å²) >= 11 is 1.39. The van der Waals surface area contributed by atoms with Gasteiger partial charge in [-0.3, -0.25) is 9.48 Å². The Kier molecular flexibility index (Phi) is 6.22. The molecule has 1 aromatic carbocycles. The lowest BCUT2D eigenvalue weighted by molar-refractivity contribution is -0.274. The Bertz CT molecular complexity index is 773. The summed E-state index contributed by atoms with van der Waals surface area (Å²) in [5, 5.41) is 7.04. The van der Waals surface area contributed by atoms with Crippen LogP contribution in [0.2, 0.25) is 0 Å². The van der Waals surface area contributed by atoms with Gasteiger partial charge in [-0.05, 0) is 38.5 Å². The summed E-state index contributed by atoms with van der Waals surface area (Å²) in [5.74, 6) is -0.202. The minimum Gasteiger partial charge on any atom is -0.406 e. The van der Waals surface area contributed by atoms with E-state index >= 15 is 0 Å². The van der Waals surface area contributed by atoms with Crippen LogP contribution in [-0.2, 0) is 11.8 Å². The molecule has 1 heterocycles. The number of carbonyl (C=O) groups is 1. The van der Waals surface area contributed by atoms with Crippen LogP contribution < -0.4 is 10.1 Å². The van der Waals surface area contributed by atoms with Crippen molar-refractivity contribution in [3.8, 4) is 5.75 Å². The number of carbonyl (C=O) groups excluding carboxylic acids is 1. The summed E-state index contributed by atoms with van der Waals surface area (Å²) in [5.41, 5.74) is 3.14. The number of alkyl halides is 3. The van der Waals surface area contributed by atoms with Crippen LogP contribution in [0, 0.1) is 13.8 Å². The molecule has 1 amide bonds. The number of rotatable bonds is 6. The van der Waals surface area contributed by atoms with Crippen molar-refractivity contribution in [3.05, 3.63) is 41.2 Å². The Morgan fingerprint density at radius 3 is 2.42 bits per heavy atom. The molecule has 0 spiro atoms. The predicted octanol–water partition coefficient (Wildman–Crippen LogP) is 4.37. The van der Waals surface area contributed by atoms with E-state index in [1.807, 2.05) is 20.8 Å². The minimum absolute atomic E-state index is 0.0585. The second-order valence-electron chi connectivity index (χ2n) is 5.79. The van der Waals surface area contributed by atoms with Gasteiger partial charge < -0.3 is 10.1 Å². The van der Waals surface area contributed by atoms with E-state index in [0.717, 1.165) is 17.0 Å². The van der Waals surface area contributed by atoms with Crippen molar-refractivity contribution in [1.82, 2.24) is 9.78 Å². The SMILES string of the molecule is Cc1nn(C)c(C)c1NC(=O)CSC(C)c1ccc(OC(F)(F)F)cc1. The molecule has 1 unspecified atom stereocenters. The van der Waals surface area contributed by atoms with E-state index in [1.54, 1.807) is 23.9 Å². The van der Waals surface area contributed by atoms with E-state index in [2.05, 4.69) is 15.2 Å². The first-order valence-corrected chi connectivity index (χ1v) is 8.89. The van der Waals surface area contributed by atoms with E-state index in [4.69, 9.17) is 0 Å². The van der Waals surface area contributed by atoms with Gasteiger partial charge in [0.2, 0.25) is 5.91 Å². The van der Waals surface area contributed by atoms with Crippen LogP contribution in [0.1, 0.15) is 29.1 Å². The minimum atomic E-state index is -4.71. The Morgan fingerprint density at radius 1 is 1.31 bits per heavy atom. The number of ether oxygens (including phenoxy) is 1. The Hall–Kier alpha value is -2.16. The van der Waals surface area contributed by atoms with Crippen LogP contribution in [0.3, 0.4) is 0 Å². The summed E-state index contributed by atoms with van der Waals surface area (Å²) in [6.07, 6.45) is -4.71. The van der Waals surface area contributed by atoms with Crippen molar-refractivity contribution in [3.63, 3.8) is 0 Å². The number of hydrogen-bond donors (Lipinski definition) is 1. The molecular weight excluding hydrogens is 367 g/mol. The highest BCUT2D eigenvalue weighted by atomic mass is 32.2. The lowest BCUT2D eigenvalue weighted by atomic mass is 10.2. The zero-order chi connectivity index (χ0) is 19.5. The van der Waals surface area contributed by atoms with E-state index in [0.29, 0.717) is 5.69 Å². The van der Waals surface area contributed by atoms with E-state index in [9.17, 15) is 18.0 Å². The summed E-state index contributed by atoms with van der Waals surface area (Å²) in [6, 6.07) is 5.66. The number of hydrogen-bond acceptors (Lipinski definition) is 4. The van der Waals surface area contributed by atoms with Crippen molar-refractivity contribution in [2.75, 3.05) is 11.1 Å². The average Bonchev–Trinajstić information content (AvgIpc) is 2.78. The predicted molar refractivity (Wildman–Crippen MR) is 95.3 cm³/mol. The zero-order valence-electron chi connectivity index (χ0n) is 14.8. The fourth-order valence-electron chi connectivity index (χ4n) is 2.37. The summed E-state index contributed by atoms with van der Waals surface area (Å²) in [6.45, 7) is 5.58. The second kappa shape index (κ2) is 8.03. The molecule has 1 aromatic heterocycles. The maximum absolute atomic E-state index is 12.2. The standard InChI is InChI=1S/C17H20F3N3O2S/c1-10-16(11(2)23(4)22-10)21-15(24)9-26-12(3)13-5-7-14(8-6-13)25-17(18,19)20/h5-8,12H,9H2,1-4H3,(H,21,24). The molecule has 9 heteroatoms. The lowest BCUT2D eigenvalue weighted by Gasteiger charge is -2.13. The highest BCUT2D eigenvalue weighted by molar-refractivity contribution is 8.00. The number of nitrogens with zero attached hydrogens (tertiary/aromatic N) is 2. The molecule has 0 radical (unpaired) electrons. The first kappa shape index (κ1) is 20.2. The number of aromatic nitrogens is 2. The molecule has 0 aliphatic rings. The van der Waals surface area contributed by atoms with E-state index < -0.39 is 6.36 Å². The van der Waals surface area contributed by atoms with Gasteiger partial charge in [-0.1, -0.05) is 12.1 Å². The molecular formula is C17H20F3N3O2S. The van der Waals surface area contributed by atoms with Crippen molar-refractivity contribution >= 4 is 23.4 Å². The van der Waals surface area contributed by atoms with Gasteiger partial charge in [0.25, 0.3) is 0 Å². The van der Waals surface area contributed by atoms with Gasteiger partial charge in [0, 0.05) is 12.3 Å². The molecule has 0 saturated heterocycles. The Morgan fingerprint density at radius 2 is 1.92 bits per heavy atom. The molecule has 0 fully saturated rings. The van der Waals surface area contributed by atoms with Gasteiger partial charge in [0.05, 0.1) is 22.8 Å². The molecule has 0 saturated carbocycles. The normalized spacial score (nSPS) is 12.7. The maximum Gasteiger partial charge on any atom is 0.573 e. The Labute approximate surface area is 153 Å². The van der Waals surface area contributed by atoms with Gasteiger partial charge in [0.1, 0.15) is 5.75 Å². The third-order valence-corrected chi connectivity index (χ3v) is 5.02. The monoisotopic (exact) mass is 387 g/mol. The van der Waals surface area contributed by atoms with Crippen LogP contribution in [0.4, 0.5) is 18.9 Å². The average molecular weight is 387 g/mol. The molecule has 5 nitrogen and oxygen atoms in total. The second-order valence-corrected chi connectivity index (χ2v) is 7.12. The fourth-order valence-corrected chi connectivity index (χ4v) is 3.19. The number of anilines is 1. The largest absolute Gasteiger partial charge is 0.573 e. The molecule has 0 aliphatic carbocycles. The molecule has 26 heavy (non-hydrogen) atoms. The molecule has 2 rings (SSSR count). The molecule has 142 valence electrons. The maximum atomic E-state index is 12.2. The van der Waals surface area contributed by atoms with Crippen molar-refractivity contribution in [2.24, 2.45) is 7.05 Å². The van der Waals surface area contributed by atoms with Crippen LogP contribution in [-0.4, -0.2) is 27.8 Å². The first-order chi connectivity index (χ1) is 12.1. The molecule has 1 N–H and O–H groups in total.